The van der Waals surface area contributed by atoms with E-state index < -0.39 is 23.7 Å². The van der Waals surface area contributed by atoms with Crippen molar-refractivity contribution >= 4 is 29.1 Å². The lowest BCUT2D eigenvalue weighted by Gasteiger charge is -2.34. The van der Waals surface area contributed by atoms with E-state index in [-0.39, 0.29) is 23.2 Å². The molecule has 1 aromatic heterocycles. The summed E-state index contributed by atoms with van der Waals surface area (Å²) in [4.78, 5) is 38.2. The fourth-order valence-electron chi connectivity index (χ4n) is 5.23. The Morgan fingerprint density at radius 1 is 1.10 bits per heavy atom. The topological polar surface area (TPSA) is 95.5 Å². The number of rotatable bonds is 3. The zero-order chi connectivity index (χ0) is 20.9. The number of aliphatic carboxylic acids is 1. The minimum absolute atomic E-state index is 0.0683. The van der Waals surface area contributed by atoms with Crippen molar-refractivity contribution in [3.05, 3.63) is 33.5 Å². The van der Waals surface area contributed by atoms with Gasteiger partial charge in [-0.2, -0.15) is 0 Å². The molecule has 4 rings (SSSR count). The van der Waals surface area contributed by atoms with Crippen LogP contribution in [0.3, 0.4) is 0 Å². The van der Waals surface area contributed by atoms with E-state index in [0.717, 1.165) is 24.8 Å². The van der Waals surface area contributed by atoms with Gasteiger partial charge in [-0.1, -0.05) is 32.9 Å². The summed E-state index contributed by atoms with van der Waals surface area (Å²) in [5.41, 5.74) is 6.97. The lowest BCUT2D eigenvalue weighted by atomic mass is 9.72. The third kappa shape index (κ3) is 3.61. The van der Waals surface area contributed by atoms with Crippen LogP contribution >= 0.6 is 11.3 Å². The second-order valence-corrected chi connectivity index (χ2v) is 10.6. The van der Waals surface area contributed by atoms with Gasteiger partial charge in [-0.05, 0) is 54.4 Å². The van der Waals surface area contributed by atoms with Gasteiger partial charge in [0.2, 0.25) is 5.91 Å². The molecule has 3 N–H and O–H groups in total. The minimum Gasteiger partial charge on any atom is -0.481 e. The van der Waals surface area contributed by atoms with E-state index in [2.05, 4.69) is 31.6 Å². The normalized spacial score (nSPS) is 30.1. The molecule has 29 heavy (non-hydrogen) atoms. The van der Waals surface area contributed by atoms with Crippen molar-refractivity contribution in [2.45, 2.75) is 46.5 Å². The monoisotopic (exact) mass is 416 g/mol. The number of allylic oxidation sites excluding steroid dienone is 2. The van der Waals surface area contributed by atoms with Crippen LogP contribution < -0.4 is 10.9 Å². The molecule has 3 aliphatic rings. The zero-order valence-electron chi connectivity index (χ0n) is 17.0. The summed E-state index contributed by atoms with van der Waals surface area (Å²) in [6.45, 7) is 6.78. The van der Waals surface area contributed by atoms with Crippen molar-refractivity contribution in [1.82, 2.24) is 10.9 Å². The van der Waals surface area contributed by atoms with Crippen molar-refractivity contribution in [3.63, 3.8) is 0 Å². The van der Waals surface area contributed by atoms with Crippen LogP contribution in [-0.2, 0) is 22.4 Å². The maximum Gasteiger partial charge on any atom is 0.307 e. The summed E-state index contributed by atoms with van der Waals surface area (Å²) in [5, 5.41) is 11.4. The number of carboxylic acid groups (broad SMARTS) is 1. The molecule has 7 heteroatoms. The number of hydrogen-bond acceptors (Lipinski definition) is 4. The first-order chi connectivity index (χ1) is 13.7. The fraction of sp³-hybridized carbons (Fsp3) is 0.591. The molecule has 0 aromatic carbocycles. The number of hydrazine groups is 1. The van der Waals surface area contributed by atoms with Crippen LogP contribution in [0.25, 0.3) is 0 Å². The molecule has 5 atom stereocenters. The van der Waals surface area contributed by atoms with Crippen LogP contribution in [0.15, 0.2) is 17.5 Å². The third-order valence-corrected chi connectivity index (χ3v) is 8.02. The van der Waals surface area contributed by atoms with Gasteiger partial charge in [-0.3, -0.25) is 25.2 Å². The second kappa shape index (κ2) is 7.27. The van der Waals surface area contributed by atoms with Crippen LogP contribution in [0.5, 0.6) is 0 Å². The molecule has 1 saturated carbocycles. The molecule has 0 unspecified atom stereocenters. The summed E-state index contributed by atoms with van der Waals surface area (Å²) in [6.07, 6.45) is 7.43. The first-order valence-corrected chi connectivity index (χ1v) is 11.2. The quantitative estimate of drug-likeness (QED) is 0.521. The van der Waals surface area contributed by atoms with Gasteiger partial charge in [0, 0.05) is 10.3 Å². The van der Waals surface area contributed by atoms with Gasteiger partial charge in [0.25, 0.3) is 5.91 Å². The Kier molecular flexibility index (Phi) is 5.05. The highest BCUT2D eigenvalue weighted by Gasteiger charge is 2.51. The molecule has 2 amide bonds. The molecule has 0 saturated heterocycles. The zero-order valence-corrected chi connectivity index (χ0v) is 17.8. The largest absolute Gasteiger partial charge is 0.481 e. The van der Waals surface area contributed by atoms with Gasteiger partial charge in [-0.25, -0.2) is 0 Å². The molecule has 2 bridgehead atoms. The summed E-state index contributed by atoms with van der Waals surface area (Å²) >= 11 is 1.61. The molecule has 0 spiro atoms. The molecule has 0 radical (unpaired) electrons. The molecular weight excluding hydrogens is 388 g/mol. The second-order valence-electron chi connectivity index (χ2n) is 9.64. The molecule has 0 aliphatic heterocycles. The third-order valence-electron chi connectivity index (χ3n) is 6.97. The van der Waals surface area contributed by atoms with Crippen molar-refractivity contribution in [1.29, 1.82) is 0 Å². The Labute approximate surface area is 174 Å². The molecule has 1 fully saturated rings. The van der Waals surface area contributed by atoms with Crippen LogP contribution in [0.2, 0.25) is 0 Å². The lowest BCUT2D eigenvalue weighted by Crippen LogP contribution is -2.48. The van der Waals surface area contributed by atoms with E-state index in [1.807, 2.05) is 17.5 Å². The number of nitrogens with one attached hydrogen (secondary N) is 2. The average molecular weight is 417 g/mol. The van der Waals surface area contributed by atoms with Crippen LogP contribution in [0, 0.1) is 35.0 Å². The molecule has 3 aliphatic carbocycles. The summed E-state index contributed by atoms with van der Waals surface area (Å²) in [5.74, 6) is -2.60. The Morgan fingerprint density at radius 3 is 2.45 bits per heavy atom. The molecule has 156 valence electrons. The van der Waals surface area contributed by atoms with Gasteiger partial charge >= 0.3 is 5.97 Å². The molecular formula is C22H28N2O4S. The van der Waals surface area contributed by atoms with Gasteiger partial charge in [-0.15, -0.1) is 11.3 Å². The van der Waals surface area contributed by atoms with E-state index in [0.29, 0.717) is 17.9 Å². The number of carbonyl (C=O) groups is 3. The summed E-state index contributed by atoms with van der Waals surface area (Å²) in [6, 6.07) is 0. The van der Waals surface area contributed by atoms with E-state index in [9.17, 15) is 19.5 Å². The Bertz CT molecular complexity index is 882. The van der Waals surface area contributed by atoms with Crippen molar-refractivity contribution < 1.29 is 19.5 Å². The van der Waals surface area contributed by atoms with Crippen molar-refractivity contribution in [2.24, 2.45) is 35.0 Å². The predicted octanol–water partition coefficient (Wildman–Crippen LogP) is 3.18. The summed E-state index contributed by atoms with van der Waals surface area (Å²) < 4.78 is 0. The highest BCUT2D eigenvalue weighted by molar-refractivity contribution is 7.10. The van der Waals surface area contributed by atoms with Crippen molar-refractivity contribution in [3.8, 4) is 0 Å². The predicted molar refractivity (Wildman–Crippen MR) is 110 cm³/mol. The first-order valence-electron chi connectivity index (χ1n) is 10.3. The van der Waals surface area contributed by atoms with E-state index in [1.54, 1.807) is 11.3 Å². The number of carboxylic acids is 1. The Hall–Kier alpha value is -2.15. The van der Waals surface area contributed by atoms with Crippen LogP contribution in [-0.4, -0.2) is 22.9 Å². The molecule has 1 aromatic rings. The Morgan fingerprint density at radius 2 is 1.79 bits per heavy atom. The van der Waals surface area contributed by atoms with E-state index in [1.165, 1.54) is 4.88 Å². The minimum atomic E-state index is -0.950. The maximum atomic E-state index is 12.7. The van der Waals surface area contributed by atoms with Gasteiger partial charge in [0.15, 0.2) is 0 Å². The van der Waals surface area contributed by atoms with E-state index in [4.69, 9.17) is 0 Å². The number of amides is 2. The average Bonchev–Trinajstić information content (AvgIpc) is 3.37. The fourth-order valence-corrected chi connectivity index (χ4v) is 6.39. The number of hydrogen-bond donors (Lipinski definition) is 3. The molecule has 1 heterocycles. The van der Waals surface area contributed by atoms with Crippen molar-refractivity contribution in [2.75, 3.05) is 0 Å². The Balaban J connectivity index is 1.40. The highest BCUT2D eigenvalue weighted by atomic mass is 32.1. The van der Waals surface area contributed by atoms with Gasteiger partial charge in [0.1, 0.15) is 0 Å². The van der Waals surface area contributed by atoms with Crippen LogP contribution in [0.4, 0.5) is 0 Å². The van der Waals surface area contributed by atoms with E-state index >= 15 is 0 Å². The number of thiophene rings is 1. The standard InChI is InChI=1S/C22H28N2O4S/c1-22(2,3)13-6-7-14-15(10-29-16(14)9-13)19(25)23-24-20(26)17-11-4-5-12(8-11)18(17)21(27)28/h4-5,10-13,17-18H,6-9H2,1-3H3,(H,23,25)(H,24,26)(H,27,28)/t11-,12-,13+,17+,18+/m0/s1. The lowest BCUT2D eigenvalue weighted by molar-refractivity contribution is -0.148. The smallest absolute Gasteiger partial charge is 0.307 e. The van der Waals surface area contributed by atoms with Gasteiger partial charge in [0.05, 0.1) is 17.4 Å². The van der Waals surface area contributed by atoms with Gasteiger partial charge < -0.3 is 5.11 Å². The summed E-state index contributed by atoms with van der Waals surface area (Å²) in [7, 11) is 0. The first kappa shape index (κ1) is 20.1. The highest BCUT2D eigenvalue weighted by Crippen LogP contribution is 2.48. The SMILES string of the molecule is CC(C)(C)[C@@H]1CCc2c(C(=O)NNC(=O)[C@H]3[C@H](C(=O)O)[C@H]4C=C[C@H]3C4)csc2C1. The van der Waals surface area contributed by atoms with Crippen LogP contribution in [0.1, 0.15) is 54.4 Å². The number of carbonyl (C=O) groups excluding carboxylic acids is 2. The maximum absolute atomic E-state index is 12.7. The molecule has 6 nitrogen and oxygen atoms in total. The number of fused-ring (bicyclic) bond motifs is 3.